The van der Waals surface area contributed by atoms with E-state index >= 15 is 0 Å². The molecular weight excluding hydrogens is 468 g/mol. The van der Waals surface area contributed by atoms with Gasteiger partial charge in [0.2, 0.25) is 12.7 Å². The molecule has 1 atom stereocenters. The minimum absolute atomic E-state index is 0.166. The van der Waals surface area contributed by atoms with E-state index in [4.69, 9.17) is 14.5 Å². The number of rotatable bonds is 10. The Morgan fingerprint density at radius 2 is 1.63 bits per heavy atom. The molecule has 13 heteroatoms. The van der Waals surface area contributed by atoms with Gasteiger partial charge in [0.05, 0.1) is 12.7 Å². The van der Waals surface area contributed by atoms with Crippen molar-refractivity contribution in [1.82, 2.24) is 9.96 Å². The molecule has 1 N–H and O–H groups in total. The zero-order valence-electron chi connectivity index (χ0n) is 19.6. The Hall–Kier alpha value is -3.71. The first-order valence-corrected chi connectivity index (χ1v) is 10.7. The van der Waals surface area contributed by atoms with Crippen LogP contribution in [0.4, 0.5) is 4.79 Å². The van der Waals surface area contributed by atoms with Crippen LogP contribution in [0.5, 0.6) is 5.75 Å². The number of aliphatic hydroxyl groups excluding tert-OH is 1. The smallest absolute Gasteiger partial charge is 0.412 e. The third-order valence-electron chi connectivity index (χ3n) is 4.87. The highest BCUT2D eigenvalue weighted by molar-refractivity contribution is 6.01. The first-order valence-electron chi connectivity index (χ1n) is 10.7. The number of carbonyl (C=O) groups excluding carboxylic acids is 5. The Morgan fingerprint density at radius 1 is 1.00 bits per heavy atom. The summed E-state index contributed by atoms with van der Waals surface area (Å²) >= 11 is 0. The SMILES string of the molecule is CC(=O)OCOC(=O)N1CCC(ON(C(C)=O)C(CO)C(=O)c2ccc(OOC(C)=O)cc2)CC1. The molecule has 0 bridgehead atoms. The van der Waals surface area contributed by atoms with Crippen molar-refractivity contribution in [2.75, 3.05) is 26.5 Å². The maximum atomic E-state index is 13.0. The fraction of sp³-hybridized carbons (Fsp3) is 0.500. The largest absolute Gasteiger partial charge is 0.428 e. The molecule has 13 nitrogen and oxygen atoms in total. The Labute approximate surface area is 201 Å². The molecule has 0 spiro atoms. The van der Waals surface area contributed by atoms with Gasteiger partial charge in [-0.3, -0.25) is 29.0 Å². The highest BCUT2D eigenvalue weighted by atomic mass is 17.2. The van der Waals surface area contributed by atoms with Crippen molar-refractivity contribution in [2.24, 2.45) is 0 Å². The van der Waals surface area contributed by atoms with Gasteiger partial charge in [-0.2, -0.15) is 0 Å². The quantitative estimate of drug-likeness (QED) is 0.162. The number of amides is 2. The van der Waals surface area contributed by atoms with Crippen molar-refractivity contribution in [3.8, 4) is 5.75 Å². The molecule has 1 fully saturated rings. The third kappa shape index (κ3) is 8.54. The number of benzene rings is 1. The fourth-order valence-corrected chi connectivity index (χ4v) is 3.16. The number of Topliss-reactive ketones (excluding diaryl/α,β-unsaturated/α-hetero) is 1. The molecule has 1 saturated heterocycles. The molecule has 0 saturated carbocycles. The predicted molar refractivity (Wildman–Crippen MR) is 115 cm³/mol. The van der Waals surface area contributed by atoms with Crippen LogP contribution in [0.15, 0.2) is 24.3 Å². The zero-order valence-corrected chi connectivity index (χ0v) is 19.6. The van der Waals surface area contributed by atoms with Crippen LogP contribution >= 0.6 is 0 Å². The van der Waals surface area contributed by atoms with E-state index in [9.17, 15) is 29.1 Å². The highest BCUT2D eigenvalue weighted by Crippen LogP contribution is 2.20. The van der Waals surface area contributed by atoms with E-state index in [-0.39, 0.29) is 24.4 Å². The highest BCUT2D eigenvalue weighted by Gasteiger charge is 2.33. The normalized spacial score (nSPS) is 14.5. The lowest BCUT2D eigenvalue weighted by atomic mass is 10.0. The zero-order chi connectivity index (χ0) is 26.0. The number of ketones is 1. The number of nitrogens with zero attached hydrogens (tertiary/aromatic N) is 2. The van der Waals surface area contributed by atoms with Crippen molar-refractivity contribution < 1.29 is 53.2 Å². The monoisotopic (exact) mass is 496 g/mol. The summed E-state index contributed by atoms with van der Waals surface area (Å²) in [5, 5.41) is 10.7. The summed E-state index contributed by atoms with van der Waals surface area (Å²) < 4.78 is 9.42. The molecule has 2 amide bonds. The van der Waals surface area contributed by atoms with Gasteiger partial charge in [-0.25, -0.2) is 14.7 Å². The van der Waals surface area contributed by atoms with Gasteiger partial charge in [0.15, 0.2) is 11.5 Å². The van der Waals surface area contributed by atoms with Crippen LogP contribution in [0.2, 0.25) is 0 Å². The average Bonchev–Trinajstić information content (AvgIpc) is 2.82. The van der Waals surface area contributed by atoms with Gasteiger partial charge in [0.1, 0.15) is 6.04 Å². The van der Waals surface area contributed by atoms with E-state index in [1.807, 2.05) is 0 Å². The Kier molecular flexibility index (Phi) is 10.4. The Morgan fingerprint density at radius 3 is 2.14 bits per heavy atom. The summed E-state index contributed by atoms with van der Waals surface area (Å²) in [5.41, 5.74) is 0.166. The fourth-order valence-electron chi connectivity index (χ4n) is 3.16. The molecule has 1 aliphatic heterocycles. The number of ether oxygens (including phenoxy) is 2. The van der Waals surface area contributed by atoms with Gasteiger partial charge in [-0.15, -0.1) is 0 Å². The lowest BCUT2D eigenvalue weighted by Gasteiger charge is -2.35. The number of hydrogen-bond donors (Lipinski definition) is 1. The molecule has 1 heterocycles. The van der Waals surface area contributed by atoms with Crippen molar-refractivity contribution in [2.45, 2.75) is 45.8 Å². The van der Waals surface area contributed by atoms with Crippen LogP contribution in [-0.4, -0.2) is 83.4 Å². The number of hydrogen-bond acceptors (Lipinski definition) is 11. The van der Waals surface area contributed by atoms with Crippen LogP contribution in [-0.2, 0) is 33.6 Å². The van der Waals surface area contributed by atoms with Gasteiger partial charge in [0.25, 0.3) is 0 Å². The van der Waals surface area contributed by atoms with E-state index < -0.39 is 55.3 Å². The van der Waals surface area contributed by atoms with Gasteiger partial charge in [-0.1, -0.05) is 0 Å². The van der Waals surface area contributed by atoms with E-state index in [1.54, 1.807) is 0 Å². The summed E-state index contributed by atoms with van der Waals surface area (Å²) in [7, 11) is 0. The first-order chi connectivity index (χ1) is 16.6. The maximum absolute atomic E-state index is 13.0. The van der Waals surface area contributed by atoms with Gasteiger partial charge < -0.3 is 19.5 Å². The van der Waals surface area contributed by atoms with Crippen molar-refractivity contribution in [3.05, 3.63) is 29.8 Å². The molecule has 1 aromatic rings. The molecular formula is C22H28N2O11. The number of hydroxylamine groups is 2. The van der Waals surface area contributed by atoms with Gasteiger partial charge in [0, 0.05) is 39.4 Å². The van der Waals surface area contributed by atoms with Crippen LogP contribution in [0.25, 0.3) is 0 Å². The van der Waals surface area contributed by atoms with E-state index in [0.29, 0.717) is 12.8 Å². The molecule has 1 aromatic carbocycles. The minimum Gasteiger partial charge on any atom is -0.428 e. The van der Waals surface area contributed by atoms with Gasteiger partial charge in [-0.05, 0) is 37.1 Å². The average molecular weight is 496 g/mol. The van der Waals surface area contributed by atoms with Crippen LogP contribution in [0.3, 0.4) is 0 Å². The summed E-state index contributed by atoms with van der Waals surface area (Å²) in [6.45, 7) is 2.88. The number of esters is 1. The molecule has 0 aromatic heterocycles. The lowest BCUT2D eigenvalue weighted by Crippen LogP contribution is -2.50. The van der Waals surface area contributed by atoms with Crippen LogP contribution in [0.1, 0.15) is 44.0 Å². The minimum atomic E-state index is -1.31. The second kappa shape index (κ2) is 13.2. The Balaban J connectivity index is 1.96. The van der Waals surface area contributed by atoms with Gasteiger partial charge >= 0.3 is 18.0 Å². The number of likely N-dealkylation sites (tertiary alicyclic amines) is 1. The molecule has 35 heavy (non-hydrogen) atoms. The van der Waals surface area contributed by atoms with E-state index in [0.717, 1.165) is 5.06 Å². The third-order valence-corrected chi connectivity index (χ3v) is 4.87. The number of piperidine rings is 1. The van der Waals surface area contributed by atoms with E-state index in [2.05, 4.69) is 9.62 Å². The first kappa shape index (κ1) is 27.5. The molecule has 0 radical (unpaired) electrons. The number of carbonyl (C=O) groups is 5. The van der Waals surface area contributed by atoms with Crippen LogP contribution < -0.4 is 4.89 Å². The molecule has 0 aliphatic carbocycles. The maximum Gasteiger partial charge on any atom is 0.412 e. The summed E-state index contributed by atoms with van der Waals surface area (Å²) in [5.74, 6) is -2.21. The molecule has 2 rings (SSSR count). The predicted octanol–water partition coefficient (Wildman–Crippen LogP) is 0.989. The molecule has 1 unspecified atom stereocenters. The second-order valence-corrected chi connectivity index (χ2v) is 7.55. The summed E-state index contributed by atoms with van der Waals surface area (Å²) in [4.78, 5) is 75.1. The molecule has 1 aliphatic rings. The van der Waals surface area contributed by atoms with Crippen LogP contribution in [0, 0.1) is 0 Å². The topological polar surface area (TPSA) is 158 Å². The van der Waals surface area contributed by atoms with Crippen molar-refractivity contribution >= 4 is 29.7 Å². The number of aliphatic hydroxyl groups is 1. The summed E-state index contributed by atoms with van der Waals surface area (Å²) in [6, 6.07) is 4.25. The standard InChI is InChI=1S/C22H28N2O11/c1-14(26)24(33-18-8-10-23(11-9-18)22(30)32-13-31-15(2)27)20(12-25)21(29)17-4-6-19(7-5-17)35-34-16(3)28/h4-7,18,20,25H,8-13H2,1-3H3. The van der Waals surface area contributed by atoms with Crippen molar-refractivity contribution in [1.29, 1.82) is 0 Å². The van der Waals surface area contributed by atoms with E-state index in [1.165, 1.54) is 49.9 Å². The molecule has 192 valence electrons. The summed E-state index contributed by atoms with van der Waals surface area (Å²) in [6.07, 6.45) is -0.488. The second-order valence-electron chi connectivity index (χ2n) is 7.55. The van der Waals surface area contributed by atoms with Crippen molar-refractivity contribution in [3.63, 3.8) is 0 Å². The lowest BCUT2D eigenvalue weighted by molar-refractivity contribution is -0.222. The Bertz CT molecular complexity index is 910.